The summed E-state index contributed by atoms with van der Waals surface area (Å²) < 4.78 is 26.3. The van der Waals surface area contributed by atoms with Crippen LogP contribution in [0, 0.1) is 23.5 Å². The van der Waals surface area contributed by atoms with Gasteiger partial charge in [0.05, 0.1) is 0 Å². The molecule has 0 amide bonds. The van der Waals surface area contributed by atoms with Gasteiger partial charge in [-0.3, -0.25) is 0 Å². The maximum Gasteiger partial charge on any atom is 0.159 e. The number of hydrogen-bond donors (Lipinski definition) is 0. The van der Waals surface area contributed by atoms with Crippen LogP contribution in [0.25, 0.3) is 0 Å². The first-order valence-corrected chi connectivity index (χ1v) is 12.9. The SMILES string of the molecule is CCC[C@H]1CC[C@H]([Si@H]2CC[C@H](CCc3ccc(F)c(F)c3)CC2)CC1. The van der Waals surface area contributed by atoms with E-state index in [1.807, 2.05) is 0 Å². The number of benzene rings is 1. The Morgan fingerprint density at radius 3 is 2.20 bits per heavy atom. The summed E-state index contributed by atoms with van der Waals surface area (Å²) >= 11 is 0. The molecule has 0 aromatic heterocycles. The second kappa shape index (κ2) is 9.30. The van der Waals surface area contributed by atoms with Gasteiger partial charge in [-0.1, -0.05) is 76.4 Å². The molecule has 0 unspecified atom stereocenters. The normalized spacial score (nSPS) is 30.4. The fraction of sp³-hybridized carbons (Fsp3) is 0.727. The number of halogens is 2. The van der Waals surface area contributed by atoms with Gasteiger partial charge in [0.2, 0.25) is 0 Å². The highest BCUT2D eigenvalue weighted by Gasteiger charge is 2.31. The Labute approximate surface area is 154 Å². The third-order valence-corrected chi connectivity index (χ3v) is 11.1. The molecule has 0 nitrogen and oxygen atoms in total. The van der Waals surface area contributed by atoms with Crippen molar-refractivity contribution in [2.24, 2.45) is 11.8 Å². The smallest absolute Gasteiger partial charge is 0.159 e. The summed E-state index contributed by atoms with van der Waals surface area (Å²) in [7, 11) is -0.516. The van der Waals surface area contributed by atoms with E-state index < -0.39 is 20.4 Å². The van der Waals surface area contributed by atoms with Crippen LogP contribution in [0.3, 0.4) is 0 Å². The molecular weight excluding hydrogens is 330 g/mol. The largest absolute Gasteiger partial charge is 0.204 e. The lowest BCUT2D eigenvalue weighted by molar-refractivity contribution is 0.330. The minimum absolute atomic E-state index is 0.516. The average Bonchev–Trinajstić information content (AvgIpc) is 2.64. The molecule has 1 aromatic rings. The molecule has 0 bridgehead atoms. The highest BCUT2D eigenvalue weighted by molar-refractivity contribution is 6.60. The number of rotatable bonds is 6. The second-order valence-corrected chi connectivity index (χ2v) is 12.3. The number of aryl methyl sites for hydroxylation is 1. The van der Waals surface area contributed by atoms with Gasteiger partial charge in [0.1, 0.15) is 0 Å². The molecule has 1 aliphatic carbocycles. The van der Waals surface area contributed by atoms with E-state index >= 15 is 0 Å². The second-order valence-electron chi connectivity index (χ2n) is 8.64. The minimum atomic E-state index is -0.732. The van der Waals surface area contributed by atoms with Gasteiger partial charge in [-0.15, -0.1) is 0 Å². The summed E-state index contributed by atoms with van der Waals surface area (Å²) in [6.45, 7) is 2.32. The van der Waals surface area contributed by atoms with Gasteiger partial charge in [-0.05, 0) is 47.9 Å². The van der Waals surface area contributed by atoms with Crippen LogP contribution in [-0.2, 0) is 6.42 Å². The quantitative estimate of drug-likeness (QED) is 0.482. The van der Waals surface area contributed by atoms with Crippen molar-refractivity contribution in [3.8, 4) is 0 Å². The van der Waals surface area contributed by atoms with E-state index in [1.54, 1.807) is 6.07 Å². The third kappa shape index (κ3) is 5.38. The monoisotopic (exact) mass is 364 g/mol. The first-order chi connectivity index (χ1) is 12.2. The first-order valence-electron chi connectivity index (χ1n) is 10.6. The Morgan fingerprint density at radius 2 is 1.56 bits per heavy atom. The molecule has 2 aliphatic rings. The van der Waals surface area contributed by atoms with Crippen molar-refractivity contribution in [3.63, 3.8) is 0 Å². The van der Waals surface area contributed by atoms with Gasteiger partial charge in [0, 0.05) is 8.80 Å². The van der Waals surface area contributed by atoms with E-state index in [2.05, 4.69) is 6.92 Å². The summed E-state index contributed by atoms with van der Waals surface area (Å²) in [5.74, 6) is 0.409. The van der Waals surface area contributed by atoms with Crippen LogP contribution in [0.1, 0.15) is 70.3 Å². The van der Waals surface area contributed by atoms with Crippen molar-refractivity contribution in [2.45, 2.75) is 88.8 Å². The zero-order valence-electron chi connectivity index (χ0n) is 15.8. The van der Waals surface area contributed by atoms with Crippen LogP contribution < -0.4 is 0 Å². The molecule has 3 heteroatoms. The molecule has 0 radical (unpaired) electrons. The van der Waals surface area contributed by atoms with Crippen LogP contribution in [0.4, 0.5) is 8.78 Å². The molecule has 1 heterocycles. The van der Waals surface area contributed by atoms with E-state index in [-0.39, 0.29) is 0 Å². The summed E-state index contributed by atoms with van der Waals surface area (Å²) in [6, 6.07) is 7.46. The van der Waals surface area contributed by atoms with Crippen LogP contribution in [-0.4, -0.2) is 8.80 Å². The predicted octanol–water partition coefficient (Wildman–Crippen LogP) is 6.90. The maximum absolute atomic E-state index is 13.3. The van der Waals surface area contributed by atoms with E-state index in [4.69, 9.17) is 0 Å². The predicted molar refractivity (Wildman–Crippen MR) is 105 cm³/mol. The van der Waals surface area contributed by atoms with Crippen LogP contribution in [0.15, 0.2) is 18.2 Å². The van der Waals surface area contributed by atoms with Crippen LogP contribution in [0.2, 0.25) is 17.6 Å². The first kappa shape index (κ1) is 19.1. The molecule has 0 N–H and O–H groups in total. The molecule has 140 valence electrons. The van der Waals surface area contributed by atoms with Crippen molar-refractivity contribution < 1.29 is 8.78 Å². The molecule has 3 rings (SSSR count). The van der Waals surface area contributed by atoms with E-state index in [9.17, 15) is 8.78 Å². The van der Waals surface area contributed by atoms with Gasteiger partial charge in [0.15, 0.2) is 11.6 Å². The molecule has 1 aromatic carbocycles. The Hall–Kier alpha value is -0.703. The lowest BCUT2D eigenvalue weighted by Crippen LogP contribution is -2.29. The lowest BCUT2D eigenvalue weighted by atomic mass is 9.86. The van der Waals surface area contributed by atoms with Gasteiger partial charge < -0.3 is 0 Å². The van der Waals surface area contributed by atoms with Crippen LogP contribution >= 0.6 is 0 Å². The molecule has 2 fully saturated rings. The summed E-state index contributed by atoms with van der Waals surface area (Å²) in [5.41, 5.74) is 2.08. The minimum Gasteiger partial charge on any atom is -0.204 e. The zero-order valence-corrected chi connectivity index (χ0v) is 16.9. The Kier molecular flexibility index (Phi) is 7.09. The van der Waals surface area contributed by atoms with Gasteiger partial charge in [-0.2, -0.15) is 0 Å². The maximum atomic E-state index is 13.3. The standard InChI is InChI=1S/C22H34F2Si/c1-2-3-17-6-9-20(10-7-17)25-14-12-18(13-15-25)4-5-19-8-11-21(23)22(24)16-19/h8,11,16-18,20,25H,2-7,9-10,12-15H2,1H3/t17-,18-,20-,25-. The van der Waals surface area contributed by atoms with E-state index in [1.165, 1.54) is 75.6 Å². The Bertz CT molecular complexity index is 529. The molecule has 1 saturated heterocycles. The fourth-order valence-corrected chi connectivity index (χ4v) is 9.73. The zero-order chi connectivity index (χ0) is 17.6. The molecule has 25 heavy (non-hydrogen) atoms. The van der Waals surface area contributed by atoms with Crippen molar-refractivity contribution in [1.29, 1.82) is 0 Å². The average molecular weight is 365 g/mol. The topological polar surface area (TPSA) is 0 Å². The Morgan fingerprint density at radius 1 is 0.880 bits per heavy atom. The Balaban J connectivity index is 1.38. The third-order valence-electron chi connectivity index (χ3n) is 6.97. The molecule has 0 spiro atoms. The molecule has 0 atom stereocenters. The molecular formula is C22H34F2Si. The van der Waals surface area contributed by atoms with Gasteiger partial charge in [-0.25, -0.2) is 8.78 Å². The van der Waals surface area contributed by atoms with Gasteiger partial charge in [0.25, 0.3) is 0 Å². The summed E-state index contributed by atoms with van der Waals surface area (Å²) in [4.78, 5) is 0. The fourth-order valence-electron chi connectivity index (χ4n) is 5.37. The molecule has 1 aliphatic heterocycles. The van der Waals surface area contributed by atoms with Crippen molar-refractivity contribution >= 4 is 8.80 Å². The highest BCUT2D eigenvalue weighted by atomic mass is 28.3. The van der Waals surface area contributed by atoms with Crippen molar-refractivity contribution in [3.05, 3.63) is 35.4 Å². The van der Waals surface area contributed by atoms with Crippen molar-refractivity contribution in [1.82, 2.24) is 0 Å². The van der Waals surface area contributed by atoms with E-state index in [0.29, 0.717) is 0 Å². The van der Waals surface area contributed by atoms with Gasteiger partial charge >= 0.3 is 0 Å². The molecule has 1 saturated carbocycles. The summed E-state index contributed by atoms with van der Waals surface area (Å²) in [5, 5.41) is 0. The number of hydrogen-bond acceptors (Lipinski definition) is 0. The van der Waals surface area contributed by atoms with Crippen molar-refractivity contribution in [2.75, 3.05) is 0 Å². The summed E-state index contributed by atoms with van der Waals surface area (Å²) in [6.07, 6.45) is 13.7. The van der Waals surface area contributed by atoms with Crippen LogP contribution in [0.5, 0.6) is 0 Å². The lowest BCUT2D eigenvalue weighted by Gasteiger charge is -2.37. The van der Waals surface area contributed by atoms with E-state index in [0.717, 1.165) is 35.8 Å². The highest BCUT2D eigenvalue weighted by Crippen LogP contribution is 2.42.